The topological polar surface area (TPSA) is 60.9 Å². The van der Waals surface area contributed by atoms with Gasteiger partial charge in [0.1, 0.15) is 6.04 Å². The van der Waals surface area contributed by atoms with Gasteiger partial charge in [-0.1, -0.05) is 24.3 Å². The summed E-state index contributed by atoms with van der Waals surface area (Å²) < 4.78 is 0. The lowest BCUT2D eigenvalue weighted by Gasteiger charge is -2.34. The number of nitrogens with zero attached hydrogens (tertiary/aromatic N) is 2. The first-order valence-corrected chi connectivity index (χ1v) is 7.35. The molecular formula is C16H20N2O3. The van der Waals surface area contributed by atoms with Crippen molar-refractivity contribution in [1.29, 1.82) is 0 Å². The fourth-order valence-electron chi connectivity index (χ4n) is 2.94. The van der Waals surface area contributed by atoms with E-state index in [0.717, 1.165) is 24.0 Å². The summed E-state index contributed by atoms with van der Waals surface area (Å²) in [7, 11) is 1.81. The molecule has 1 saturated carbocycles. The maximum absolute atomic E-state index is 12.3. The summed E-state index contributed by atoms with van der Waals surface area (Å²) in [4.78, 5) is 27.3. The van der Waals surface area contributed by atoms with Crippen LogP contribution in [0.4, 0.5) is 0 Å². The van der Waals surface area contributed by atoms with Gasteiger partial charge >= 0.3 is 5.97 Å². The summed E-state index contributed by atoms with van der Waals surface area (Å²) >= 11 is 0. The average Bonchev–Trinajstić information content (AvgIpc) is 3.30. The molecule has 1 amide bonds. The highest BCUT2D eigenvalue weighted by atomic mass is 16.4. The zero-order valence-electron chi connectivity index (χ0n) is 12.2. The molecule has 1 atom stereocenters. The molecule has 0 saturated heterocycles. The number of amides is 1. The number of carbonyl (C=O) groups is 2. The number of hydrogen-bond acceptors (Lipinski definition) is 3. The Bertz CT molecular complexity index is 568. The fraction of sp³-hybridized carbons (Fsp3) is 0.500. The van der Waals surface area contributed by atoms with Gasteiger partial charge < -0.3 is 10.0 Å². The number of rotatable bonds is 4. The molecule has 1 unspecified atom stereocenters. The molecule has 0 aromatic heterocycles. The predicted molar refractivity (Wildman–Crippen MR) is 77.8 cm³/mol. The molecule has 0 radical (unpaired) electrons. The first-order chi connectivity index (χ1) is 10.1. The van der Waals surface area contributed by atoms with Crippen molar-refractivity contribution in [2.24, 2.45) is 0 Å². The van der Waals surface area contributed by atoms with Gasteiger partial charge in [-0.2, -0.15) is 0 Å². The van der Waals surface area contributed by atoms with Crippen LogP contribution in [0.3, 0.4) is 0 Å². The third kappa shape index (κ3) is 2.93. The van der Waals surface area contributed by atoms with Crippen LogP contribution in [0.1, 0.15) is 24.0 Å². The number of fused-ring (bicyclic) bond motifs is 1. The Kier molecular flexibility index (Phi) is 3.68. The summed E-state index contributed by atoms with van der Waals surface area (Å²) in [6.45, 7) is 0.704. The number of carboxylic acid groups (broad SMARTS) is 1. The second kappa shape index (κ2) is 5.48. The maximum atomic E-state index is 12.3. The monoisotopic (exact) mass is 288 g/mol. The van der Waals surface area contributed by atoms with Gasteiger partial charge in [0.15, 0.2) is 0 Å². The number of carboxylic acids is 1. The molecule has 112 valence electrons. The summed E-state index contributed by atoms with van der Waals surface area (Å²) in [6.07, 6.45) is 2.59. The van der Waals surface area contributed by atoms with Gasteiger partial charge in [-0.25, -0.2) is 0 Å². The van der Waals surface area contributed by atoms with Crippen LogP contribution in [-0.2, 0) is 22.6 Å². The highest BCUT2D eigenvalue weighted by Gasteiger charge is 2.35. The van der Waals surface area contributed by atoms with Gasteiger partial charge in [-0.15, -0.1) is 0 Å². The van der Waals surface area contributed by atoms with Gasteiger partial charge in [-0.05, 0) is 30.4 Å². The number of hydrogen-bond donors (Lipinski definition) is 1. The molecule has 1 heterocycles. The predicted octanol–water partition coefficient (Wildman–Crippen LogP) is 1.12. The van der Waals surface area contributed by atoms with E-state index in [1.165, 1.54) is 0 Å². The number of aliphatic carboxylic acids is 1. The fourth-order valence-corrected chi connectivity index (χ4v) is 2.94. The van der Waals surface area contributed by atoms with Crippen molar-refractivity contribution in [2.45, 2.75) is 37.9 Å². The van der Waals surface area contributed by atoms with Crippen LogP contribution >= 0.6 is 0 Å². The Morgan fingerprint density at radius 3 is 2.57 bits per heavy atom. The second-order valence-electron chi connectivity index (χ2n) is 5.97. The van der Waals surface area contributed by atoms with Gasteiger partial charge in [0.05, 0.1) is 6.54 Å². The van der Waals surface area contributed by atoms with E-state index < -0.39 is 12.0 Å². The molecule has 1 aromatic rings. The summed E-state index contributed by atoms with van der Waals surface area (Å²) in [5, 5.41) is 9.44. The van der Waals surface area contributed by atoms with E-state index in [1.807, 2.05) is 31.3 Å². The third-order valence-electron chi connectivity index (χ3n) is 4.46. The quantitative estimate of drug-likeness (QED) is 0.902. The number of carbonyl (C=O) groups excluding carboxylic acids is 1. The lowest BCUT2D eigenvalue weighted by Crippen LogP contribution is -2.50. The van der Waals surface area contributed by atoms with E-state index in [4.69, 9.17) is 0 Å². The van der Waals surface area contributed by atoms with Gasteiger partial charge in [0.25, 0.3) is 0 Å². The minimum Gasteiger partial charge on any atom is -0.480 e. The normalized spacial score (nSPS) is 21.7. The van der Waals surface area contributed by atoms with E-state index in [9.17, 15) is 14.7 Å². The van der Waals surface area contributed by atoms with Crippen LogP contribution in [0, 0.1) is 0 Å². The van der Waals surface area contributed by atoms with Gasteiger partial charge in [0, 0.05) is 19.6 Å². The maximum Gasteiger partial charge on any atom is 0.321 e. The van der Waals surface area contributed by atoms with E-state index in [2.05, 4.69) is 0 Å². The van der Waals surface area contributed by atoms with Crippen LogP contribution in [0.5, 0.6) is 0 Å². The molecule has 1 fully saturated rings. The molecule has 3 rings (SSSR count). The zero-order chi connectivity index (χ0) is 15.0. The average molecular weight is 288 g/mol. The number of likely N-dealkylation sites (N-methyl/N-ethyl adjacent to an activating group) is 1. The van der Waals surface area contributed by atoms with Crippen LogP contribution in [0.2, 0.25) is 0 Å². The molecule has 1 N–H and O–H groups in total. The van der Waals surface area contributed by atoms with Crippen molar-refractivity contribution in [1.82, 2.24) is 9.80 Å². The Morgan fingerprint density at radius 2 is 1.95 bits per heavy atom. The van der Waals surface area contributed by atoms with Crippen molar-refractivity contribution in [2.75, 3.05) is 13.6 Å². The lowest BCUT2D eigenvalue weighted by molar-refractivity contribution is -0.145. The van der Waals surface area contributed by atoms with Crippen LogP contribution in [-0.4, -0.2) is 52.5 Å². The highest BCUT2D eigenvalue weighted by molar-refractivity contribution is 5.80. The van der Waals surface area contributed by atoms with Crippen molar-refractivity contribution in [3.05, 3.63) is 35.4 Å². The first-order valence-electron chi connectivity index (χ1n) is 7.35. The van der Waals surface area contributed by atoms with Gasteiger partial charge in [-0.3, -0.25) is 14.5 Å². The van der Waals surface area contributed by atoms with Crippen molar-refractivity contribution in [3.63, 3.8) is 0 Å². The Labute approximate surface area is 124 Å². The SMILES string of the molecule is CN(C(=O)CN1Cc2ccccc2CC1C(=O)O)C1CC1. The number of benzene rings is 1. The molecule has 1 aliphatic heterocycles. The minimum absolute atomic E-state index is 0.0168. The lowest BCUT2D eigenvalue weighted by atomic mass is 9.94. The molecule has 2 aliphatic rings. The van der Waals surface area contributed by atoms with E-state index in [1.54, 1.807) is 9.80 Å². The molecule has 0 bridgehead atoms. The van der Waals surface area contributed by atoms with E-state index in [0.29, 0.717) is 19.0 Å². The Morgan fingerprint density at radius 1 is 1.29 bits per heavy atom. The van der Waals surface area contributed by atoms with Crippen molar-refractivity contribution in [3.8, 4) is 0 Å². The highest BCUT2D eigenvalue weighted by Crippen LogP contribution is 2.27. The molecule has 1 aliphatic carbocycles. The van der Waals surface area contributed by atoms with Crippen LogP contribution in [0.15, 0.2) is 24.3 Å². The standard InChI is InChI=1S/C16H20N2O3/c1-17(13-6-7-13)15(19)10-18-9-12-5-3-2-4-11(12)8-14(18)16(20)21/h2-5,13-14H,6-10H2,1H3,(H,20,21). The second-order valence-corrected chi connectivity index (χ2v) is 5.97. The molecule has 5 heteroatoms. The largest absolute Gasteiger partial charge is 0.480 e. The third-order valence-corrected chi connectivity index (χ3v) is 4.46. The molecule has 21 heavy (non-hydrogen) atoms. The van der Waals surface area contributed by atoms with E-state index in [-0.39, 0.29) is 12.5 Å². The molecule has 5 nitrogen and oxygen atoms in total. The van der Waals surface area contributed by atoms with Crippen LogP contribution < -0.4 is 0 Å². The summed E-state index contributed by atoms with van der Waals surface area (Å²) in [5.41, 5.74) is 2.20. The summed E-state index contributed by atoms with van der Waals surface area (Å²) in [6, 6.07) is 7.61. The smallest absolute Gasteiger partial charge is 0.321 e. The zero-order valence-corrected chi connectivity index (χ0v) is 12.2. The molecule has 0 spiro atoms. The summed E-state index contributed by atoms with van der Waals surface area (Å²) in [5.74, 6) is -0.838. The van der Waals surface area contributed by atoms with Gasteiger partial charge in [0.2, 0.25) is 5.91 Å². The Hall–Kier alpha value is -1.88. The molecular weight excluding hydrogens is 268 g/mol. The van der Waals surface area contributed by atoms with E-state index >= 15 is 0 Å². The first kappa shape index (κ1) is 14.1. The van der Waals surface area contributed by atoms with Crippen LogP contribution in [0.25, 0.3) is 0 Å². The van der Waals surface area contributed by atoms with Crippen molar-refractivity contribution >= 4 is 11.9 Å². The molecule has 1 aromatic carbocycles. The minimum atomic E-state index is -0.855. The van der Waals surface area contributed by atoms with Crippen molar-refractivity contribution < 1.29 is 14.7 Å². The Balaban J connectivity index is 1.76.